The monoisotopic (exact) mass is 424 g/mol. The van der Waals surface area contributed by atoms with Crippen LogP contribution in [-0.4, -0.2) is 66.4 Å². The number of carbonyl (C=O) groups excluding carboxylic acids is 2. The van der Waals surface area contributed by atoms with Crippen LogP contribution in [0.1, 0.15) is 52.9 Å². The quantitative estimate of drug-likeness (QED) is 0.683. The number of hydrogen-bond donors (Lipinski definition) is 2. The summed E-state index contributed by atoms with van der Waals surface area (Å²) in [4.78, 5) is 28.9. The standard InChI is InChI=1S/C19H36N4O2.2ClH/c1-14(2)18(20)19(25)21-11-17(24)23-10-6-8-16(13-23)12-22-9-5-4-7-15(22)3;;/h14-16,18H,4-13,20H2,1-3H3,(H,21,25);2*1H/t15?,16?,18-;;/m0../s1. The number of likely N-dealkylation sites (tertiary alicyclic amines) is 2. The Kier molecular flexibility index (Phi) is 12.5. The van der Waals surface area contributed by atoms with Crippen molar-refractivity contribution in [2.75, 3.05) is 32.7 Å². The van der Waals surface area contributed by atoms with Gasteiger partial charge in [-0.05, 0) is 51.0 Å². The van der Waals surface area contributed by atoms with E-state index >= 15 is 0 Å². The highest BCUT2D eigenvalue weighted by atomic mass is 35.5. The third-order valence-electron chi connectivity index (χ3n) is 5.74. The number of piperidine rings is 2. The maximum absolute atomic E-state index is 12.5. The van der Waals surface area contributed by atoms with Gasteiger partial charge in [-0.15, -0.1) is 24.8 Å². The summed E-state index contributed by atoms with van der Waals surface area (Å²) in [6, 6.07) is 0.110. The zero-order valence-electron chi connectivity index (χ0n) is 17.0. The third kappa shape index (κ3) is 8.14. The SMILES string of the molecule is CC(C)[C@H](N)C(=O)NCC(=O)N1CCCC(CN2CCCCC2C)C1.Cl.Cl. The van der Waals surface area contributed by atoms with Crippen LogP contribution < -0.4 is 11.1 Å². The van der Waals surface area contributed by atoms with Crippen molar-refractivity contribution < 1.29 is 9.59 Å². The second-order valence-corrected chi connectivity index (χ2v) is 8.18. The van der Waals surface area contributed by atoms with Crippen molar-refractivity contribution in [3.8, 4) is 0 Å². The molecule has 0 aromatic heterocycles. The number of nitrogens with one attached hydrogen (secondary N) is 1. The van der Waals surface area contributed by atoms with E-state index in [1.165, 1.54) is 32.2 Å². The van der Waals surface area contributed by atoms with Gasteiger partial charge in [-0.25, -0.2) is 0 Å². The fourth-order valence-electron chi connectivity index (χ4n) is 3.90. The van der Waals surface area contributed by atoms with Crippen LogP contribution in [0.15, 0.2) is 0 Å². The molecule has 27 heavy (non-hydrogen) atoms. The summed E-state index contributed by atoms with van der Waals surface area (Å²) in [5.74, 6) is 0.396. The molecule has 2 rings (SSSR count). The Morgan fingerprint density at radius 3 is 2.44 bits per heavy atom. The van der Waals surface area contributed by atoms with Gasteiger partial charge in [0.2, 0.25) is 11.8 Å². The lowest BCUT2D eigenvalue weighted by Crippen LogP contribution is -2.51. The zero-order chi connectivity index (χ0) is 18.4. The van der Waals surface area contributed by atoms with E-state index in [9.17, 15) is 9.59 Å². The molecular formula is C19H38Cl2N4O2. The van der Waals surface area contributed by atoms with Gasteiger partial charge in [0.15, 0.2) is 0 Å². The molecule has 0 radical (unpaired) electrons. The van der Waals surface area contributed by atoms with Crippen molar-refractivity contribution in [1.29, 1.82) is 0 Å². The van der Waals surface area contributed by atoms with Gasteiger partial charge in [-0.3, -0.25) is 9.59 Å². The summed E-state index contributed by atoms with van der Waals surface area (Å²) < 4.78 is 0. The predicted octanol–water partition coefficient (Wildman–Crippen LogP) is 2.04. The van der Waals surface area contributed by atoms with Gasteiger partial charge in [0.05, 0.1) is 12.6 Å². The zero-order valence-corrected chi connectivity index (χ0v) is 18.6. The second kappa shape index (κ2) is 12.8. The van der Waals surface area contributed by atoms with Crippen LogP contribution in [0.5, 0.6) is 0 Å². The van der Waals surface area contributed by atoms with Crippen molar-refractivity contribution in [3.63, 3.8) is 0 Å². The van der Waals surface area contributed by atoms with Crippen LogP contribution >= 0.6 is 24.8 Å². The first-order chi connectivity index (χ1) is 11.9. The fraction of sp³-hybridized carbons (Fsp3) is 0.895. The Morgan fingerprint density at radius 2 is 1.81 bits per heavy atom. The smallest absolute Gasteiger partial charge is 0.241 e. The molecule has 0 aromatic carbocycles. The Bertz CT molecular complexity index is 465. The molecule has 0 saturated carbocycles. The Labute approximate surface area is 176 Å². The molecule has 2 fully saturated rings. The van der Waals surface area contributed by atoms with Crippen LogP contribution in [-0.2, 0) is 9.59 Å². The molecule has 3 N–H and O–H groups in total. The van der Waals surface area contributed by atoms with Gasteiger partial charge in [-0.2, -0.15) is 0 Å². The molecule has 6 nitrogen and oxygen atoms in total. The van der Waals surface area contributed by atoms with E-state index in [-0.39, 0.29) is 49.1 Å². The summed E-state index contributed by atoms with van der Waals surface area (Å²) in [6.07, 6.45) is 6.17. The van der Waals surface area contributed by atoms with E-state index in [4.69, 9.17) is 5.73 Å². The molecule has 0 aliphatic carbocycles. The topological polar surface area (TPSA) is 78.7 Å². The average molecular weight is 425 g/mol. The van der Waals surface area contributed by atoms with Crippen molar-refractivity contribution in [1.82, 2.24) is 15.1 Å². The van der Waals surface area contributed by atoms with Gasteiger partial charge in [0.1, 0.15) is 0 Å². The van der Waals surface area contributed by atoms with Gasteiger partial charge in [0.25, 0.3) is 0 Å². The molecule has 0 aromatic rings. The molecule has 0 spiro atoms. The van der Waals surface area contributed by atoms with Gasteiger partial charge >= 0.3 is 0 Å². The number of nitrogens with two attached hydrogens (primary N) is 1. The van der Waals surface area contributed by atoms with Crippen molar-refractivity contribution in [3.05, 3.63) is 0 Å². The van der Waals surface area contributed by atoms with Gasteiger partial charge in [-0.1, -0.05) is 20.3 Å². The van der Waals surface area contributed by atoms with Crippen molar-refractivity contribution in [2.24, 2.45) is 17.6 Å². The summed E-state index contributed by atoms with van der Waals surface area (Å²) in [5.41, 5.74) is 5.82. The Balaban J connectivity index is 0.00000338. The highest BCUT2D eigenvalue weighted by molar-refractivity contribution is 5.87. The van der Waals surface area contributed by atoms with Crippen LogP contribution in [0.2, 0.25) is 0 Å². The molecule has 2 heterocycles. The van der Waals surface area contributed by atoms with Gasteiger partial charge in [0, 0.05) is 25.7 Å². The van der Waals surface area contributed by atoms with Crippen molar-refractivity contribution >= 4 is 36.6 Å². The number of carbonyl (C=O) groups is 2. The lowest BCUT2D eigenvalue weighted by Gasteiger charge is -2.39. The van der Waals surface area contributed by atoms with Crippen LogP contribution in [0.3, 0.4) is 0 Å². The number of nitrogens with zero attached hydrogens (tertiary/aromatic N) is 2. The lowest BCUT2D eigenvalue weighted by molar-refractivity contribution is -0.135. The van der Waals surface area contributed by atoms with E-state index in [0.29, 0.717) is 12.0 Å². The maximum atomic E-state index is 12.5. The third-order valence-corrected chi connectivity index (χ3v) is 5.74. The van der Waals surface area contributed by atoms with E-state index < -0.39 is 6.04 Å². The first-order valence-corrected chi connectivity index (χ1v) is 9.93. The van der Waals surface area contributed by atoms with E-state index in [2.05, 4.69) is 17.1 Å². The van der Waals surface area contributed by atoms with Crippen LogP contribution in [0, 0.1) is 11.8 Å². The molecule has 2 saturated heterocycles. The first kappa shape index (κ1) is 26.4. The number of halogens is 2. The summed E-state index contributed by atoms with van der Waals surface area (Å²) in [5, 5.41) is 2.70. The first-order valence-electron chi connectivity index (χ1n) is 9.93. The minimum Gasteiger partial charge on any atom is -0.346 e. The number of rotatable bonds is 6. The Morgan fingerprint density at radius 1 is 1.11 bits per heavy atom. The molecule has 2 aliphatic rings. The van der Waals surface area contributed by atoms with Crippen LogP contribution in [0.25, 0.3) is 0 Å². The molecule has 0 bridgehead atoms. The second-order valence-electron chi connectivity index (χ2n) is 8.18. The number of hydrogen-bond acceptors (Lipinski definition) is 4. The molecular weight excluding hydrogens is 387 g/mol. The summed E-state index contributed by atoms with van der Waals surface area (Å²) in [6.45, 7) is 10.1. The average Bonchev–Trinajstić information content (AvgIpc) is 2.60. The molecule has 2 amide bonds. The molecule has 3 atom stereocenters. The minimum atomic E-state index is -0.553. The lowest BCUT2D eigenvalue weighted by atomic mass is 9.94. The normalized spacial score (nSPS) is 24.6. The highest BCUT2D eigenvalue weighted by Gasteiger charge is 2.28. The Hall–Kier alpha value is -0.560. The summed E-state index contributed by atoms with van der Waals surface area (Å²) in [7, 11) is 0. The minimum absolute atomic E-state index is 0. The number of amides is 2. The largest absolute Gasteiger partial charge is 0.346 e. The summed E-state index contributed by atoms with van der Waals surface area (Å²) >= 11 is 0. The predicted molar refractivity (Wildman–Crippen MR) is 115 cm³/mol. The molecule has 2 unspecified atom stereocenters. The van der Waals surface area contributed by atoms with E-state index in [0.717, 1.165) is 26.1 Å². The fourth-order valence-corrected chi connectivity index (χ4v) is 3.90. The molecule has 2 aliphatic heterocycles. The maximum Gasteiger partial charge on any atom is 0.241 e. The molecule has 8 heteroatoms. The van der Waals surface area contributed by atoms with Crippen molar-refractivity contribution in [2.45, 2.75) is 65.0 Å². The highest BCUT2D eigenvalue weighted by Crippen LogP contribution is 2.22. The molecule has 160 valence electrons. The van der Waals surface area contributed by atoms with Gasteiger partial charge < -0.3 is 20.9 Å². The van der Waals surface area contributed by atoms with E-state index in [1.807, 2.05) is 18.7 Å². The van der Waals surface area contributed by atoms with Crippen LogP contribution in [0.4, 0.5) is 0 Å². The van der Waals surface area contributed by atoms with E-state index in [1.54, 1.807) is 0 Å².